The first-order chi connectivity index (χ1) is 5.70. The van der Waals surface area contributed by atoms with E-state index in [-0.39, 0.29) is 6.04 Å². The fourth-order valence-corrected chi connectivity index (χ4v) is 1.88. The minimum Gasteiger partial charge on any atom is -0.391 e. The predicted molar refractivity (Wildman–Crippen MR) is 46.5 cm³/mol. The van der Waals surface area contributed by atoms with Gasteiger partial charge in [-0.2, -0.15) is 0 Å². The average Bonchev–Trinajstić information content (AvgIpc) is 2.46. The van der Waals surface area contributed by atoms with Crippen LogP contribution in [0, 0.1) is 0 Å². The van der Waals surface area contributed by atoms with Gasteiger partial charge in [0, 0.05) is 6.54 Å². The standard InChI is InChI=1S/C9H16FNO/c1-3-11-5-4-8(6-10)9(11)7(2)12/h6-7,9,12H,3-5H2,1-2H3/b8-6-/t7-,9+/m0/s1. The van der Waals surface area contributed by atoms with Gasteiger partial charge in [-0.05, 0) is 25.5 Å². The Morgan fingerprint density at radius 3 is 2.92 bits per heavy atom. The highest BCUT2D eigenvalue weighted by Gasteiger charge is 2.31. The van der Waals surface area contributed by atoms with Crippen molar-refractivity contribution >= 4 is 0 Å². The van der Waals surface area contributed by atoms with Gasteiger partial charge in [0.25, 0.3) is 0 Å². The Balaban J connectivity index is 2.73. The number of likely N-dealkylation sites (N-methyl/N-ethyl adjacent to an activating group) is 1. The number of hydrogen-bond donors (Lipinski definition) is 1. The van der Waals surface area contributed by atoms with Crippen molar-refractivity contribution in [1.29, 1.82) is 0 Å². The average molecular weight is 173 g/mol. The highest BCUT2D eigenvalue weighted by molar-refractivity contribution is 5.15. The normalized spacial score (nSPS) is 31.3. The third kappa shape index (κ3) is 1.67. The van der Waals surface area contributed by atoms with Gasteiger partial charge < -0.3 is 5.11 Å². The summed E-state index contributed by atoms with van der Waals surface area (Å²) in [6.45, 7) is 5.47. The van der Waals surface area contributed by atoms with Crippen LogP contribution < -0.4 is 0 Å². The van der Waals surface area contributed by atoms with E-state index in [9.17, 15) is 9.50 Å². The molecule has 0 aromatic heterocycles. The number of likely N-dealkylation sites (tertiary alicyclic amines) is 1. The smallest absolute Gasteiger partial charge is 0.0876 e. The minimum atomic E-state index is -0.477. The molecule has 1 fully saturated rings. The molecule has 1 aliphatic rings. The quantitative estimate of drug-likeness (QED) is 0.680. The van der Waals surface area contributed by atoms with E-state index in [1.54, 1.807) is 6.92 Å². The van der Waals surface area contributed by atoms with E-state index < -0.39 is 6.10 Å². The molecular formula is C9H16FNO. The molecule has 0 amide bonds. The van der Waals surface area contributed by atoms with Crippen LogP contribution in [-0.4, -0.2) is 35.2 Å². The van der Waals surface area contributed by atoms with Crippen molar-refractivity contribution in [3.05, 3.63) is 11.9 Å². The fourth-order valence-electron chi connectivity index (χ4n) is 1.88. The van der Waals surface area contributed by atoms with E-state index >= 15 is 0 Å². The molecule has 0 aromatic rings. The van der Waals surface area contributed by atoms with Crippen LogP contribution in [0.5, 0.6) is 0 Å². The van der Waals surface area contributed by atoms with Crippen molar-refractivity contribution in [2.45, 2.75) is 32.4 Å². The largest absolute Gasteiger partial charge is 0.391 e. The summed E-state index contributed by atoms with van der Waals surface area (Å²) in [5, 5.41) is 9.41. The van der Waals surface area contributed by atoms with E-state index in [1.807, 2.05) is 6.92 Å². The molecule has 12 heavy (non-hydrogen) atoms. The topological polar surface area (TPSA) is 23.5 Å². The molecule has 0 bridgehead atoms. The zero-order valence-electron chi connectivity index (χ0n) is 7.63. The van der Waals surface area contributed by atoms with E-state index in [4.69, 9.17) is 0 Å². The van der Waals surface area contributed by atoms with Crippen LogP contribution >= 0.6 is 0 Å². The zero-order chi connectivity index (χ0) is 9.14. The first-order valence-corrected chi connectivity index (χ1v) is 4.42. The highest BCUT2D eigenvalue weighted by Crippen LogP contribution is 2.25. The number of aliphatic hydroxyl groups excluding tert-OH is 1. The van der Waals surface area contributed by atoms with Gasteiger partial charge in [0.05, 0.1) is 18.5 Å². The van der Waals surface area contributed by atoms with Gasteiger partial charge in [0.15, 0.2) is 0 Å². The Labute approximate surface area is 72.7 Å². The molecule has 0 saturated carbocycles. The van der Waals surface area contributed by atoms with E-state index in [1.165, 1.54) is 0 Å². The van der Waals surface area contributed by atoms with Crippen LogP contribution in [0.3, 0.4) is 0 Å². The summed E-state index contributed by atoms with van der Waals surface area (Å²) >= 11 is 0. The zero-order valence-corrected chi connectivity index (χ0v) is 7.63. The Bertz CT molecular complexity index is 179. The molecule has 1 saturated heterocycles. The van der Waals surface area contributed by atoms with Gasteiger partial charge in [-0.25, -0.2) is 4.39 Å². The third-order valence-electron chi connectivity index (χ3n) is 2.46. The van der Waals surface area contributed by atoms with Gasteiger partial charge in [0.2, 0.25) is 0 Å². The van der Waals surface area contributed by atoms with E-state index in [2.05, 4.69) is 4.90 Å². The van der Waals surface area contributed by atoms with Crippen LogP contribution in [0.25, 0.3) is 0 Å². The number of hydrogen-bond acceptors (Lipinski definition) is 2. The molecule has 70 valence electrons. The molecule has 2 atom stereocenters. The van der Waals surface area contributed by atoms with Crippen LogP contribution in [0.4, 0.5) is 4.39 Å². The number of nitrogens with zero attached hydrogens (tertiary/aromatic N) is 1. The van der Waals surface area contributed by atoms with Crippen LogP contribution in [0.2, 0.25) is 0 Å². The second-order valence-electron chi connectivity index (χ2n) is 3.25. The molecule has 2 nitrogen and oxygen atoms in total. The molecule has 0 unspecified atom stereocenters. The Morgan fingerprint density at radius 1 is 1.83 bits per heavy atom. The van der Waals surface area contributed by atoms with E-state index in [0.717, 1.165) is 25.1 Å². The summed E-state index contributed by atoms with van der Waals surface area (Å²) in [5.41, 5.74) is 0.729. The first-order valence-electron chi connectivity index (χ1n) is 4.42. The summed E-state index contributed by atoms with van der Waals surface area (Å²) in [7, 11) is 0. The van der Waals surface area contributed by atoms with Crippen molar-refractivity contribution in [1.82, 2.24) is 4.90 Å². The van der Waals surface area contributed by atoms with Crippen LogP contribution in [-0.2, 0) is 0 Å². The lowest BCUT2D eigenvalue weighted by molar-refractivity contribution is 0.104. The Kier molecular flexibility index (Phi) is 3.23. The first kappa shape index (κ1) is 9.68. The van der Waals surface area contributed by atoms with Gasteiger partial charge in [-0.1, -0.05) is 6.92 Å². The molecule has 0 aliphatic carbocycles. The maximum Gasteiger partial charge on any atom is 0.0876 e. The van der Waals surface area contributed by atoms with Crippen LogP contribution in [0.15, 0.2) is 11.9 Å². The molecule has 0 spiro atoms. The molecule has 1 N–H and O–H groups in total. The summed E-state index contributed by atoms with van der Waals surface area (Å²) in [6.07, 6.45) is 0.918. The summed E-state index contributed by atoms with van der Waals surface area (Å²) in [4.78, 5) is 2.09. The van der Waals surface area contributed by atoms with Crippen LogP contribution in [0.1, 0.15) is 20.3 Å². The second-order valence-corrected chi connectivity index (χ2v) is 3.25. The lowest BCUT2D eigenvalue weighted by Crippen LogP contribution is -2.38. The molecule has 1 heterocycles. The second kappa shape index (κ2) is 4.01. The number of halogens is 1. The Morgan fingerprint density at radius 2 is 2.50 bits per heavy atom. The minimum absolute atomic E-state index is 0.0972. The molecule has 0 radical (unpaired) electrons. The summed E-state index contributed by atoms with van der Waals surface area (Å²) < 4.78 is 12.3. The lowest BCUT2D eigenvalue weighted by atomic mass is 10.1. The van der Waals surface area contributed by atoms with Crippen molar-refractivity contribution < 1.29 is 9.50 Å². The third-order valence-corrected chi connectivity index (χ3v) is 2.46. The van der Waals surface area contributed by atoms with E-state index in [0.29, 0.717) is 6.33 Å². The highest BCUT2D eigenvalue weighted by atomic mass is 19.1. The summed E-state index contributed by atoms with van der Waals surface area (Å²) in [5.74, 6) is 0. The molecule has 3 heteroatoms. The van der Waals surface area contributed by atoms with Gasteiger partial charge in [0.1, 0.15) is 0 Å². The van der Waals surface area contributed by atoms with Crippen molar-refractivity contribution in [2.75, 3.05) is 13.1 Å². The van der Waals surface area contributed by atoms with Crippen molar-refractivity contribution in [3.8, 4) is 0 Å². The van der Waals surface area contributed by atoms with Crippen molar-refractivity contribution in [3.63, 3.8) is 0 Å². The predicted octanol–water partition coefficient (Wildman–Crippen LogP) is 1.31. The van der Waals surface area contributed by atoms with Gasteiger partial charge in [-0.3, -0.25) is 4.90 Å². The molecule has 0 aromatic carbocycles. The molecule has 1 aliphatic heterocycles. The van der Waals surface area contributed by atoms with Crippen molar-refractivity contribution in [2.24, 2.45) is 0 Å². The summed E-state index contributed by atoms with van der Waals surface area (Å²) in [6, 6.07) is -0.0972. The molecule has 1 rings (SSSR count). The maximum atomic E-state index is 12.3. The monoisotopic (exact) mass is 173 g/mol. The maximum absolute atomic E-state index is 12.3. The Hall–Kier alpha value is -0.410. The lowest BCUT2D eigenvalue weighted by Gasteiger charge is -2.25. The number of aliphatic hydroxyl groups is 1. The van der Waals surface area contributed by atoms with Gasteiger partial charge in [-0.15, -0.1) is 0 Å². The SMILES string of the molecule is CCN1CC/C(=C/F)[C@H]1[C@H](C)O. The number of rotatable bonds is 2. The molecular weight excluding hydrogens is 157 g/mol. The van der Waals surface area contributed by atoms with Gasteiger partial charge >= 0.3 is 0 Å². The fraction of sp³-hybridized carbons (Fsp3) is 0.778.